The van der Waals surface area contributed by atoms with Gasteiger partial charge in [0, 0.05) is 11.4 Å². The molecule has 0 aromatic carbocycles. The second-order valence-corrected chi connectivity index (χ2v) is 5.25. The molecule has 2 aromatic heterocycles. The zero-order valence-electron chi connectivity index (χ0n) is 9.86. The molecule has 86 valence electrons. The summed E-state index contributed by atoms with van der Waals surface area (Å²) in [5, 5.41) is 0.765. The van der Waals surface area contributed by atoms with Crippen molar-refractivity contribution in [1.29, 1.82) is 0 Å². The zero-order chi connectivity index (χ0) is 12.0. The predicted molar refractivity (Wildman–Crippen MR) is 70.2 cm³/mol. The van der Waals surface area contributed by atoms with E-state index in [0.29, 0.717) is 5.92 Å². The van der Waals surface area contributed by atoms with Gasteiger partial charge in [0.1, 0.15) is 0 Å². The van der Waals surface area contributed by atoms with E-state index in [0.717, 1.165) is 32.3 Å². The number of aryl methyl sites for hydroxylation is 2. The van der Waals surface area contributed by atoms with Crippen LogP contribution in [0.3, 0.4) is 0 Å². The predicted octanol–water partition coefficient (Wildman–Crippen LogP) is 3.36. The Morgan fingerprint density at radius 3 is 2.38 bits per heavy atom. The van der Waals surface area contributed by atoms with Gasteiger partial charge in [-0.15, -0.1) is 0 Å². The Kier molecular flexibility index (Phi) is 2.70. The summed E-state index contributed by atoms with van der Waals surface area (Å²) in [6, 6.07) is 0. The van der Waals surface area contributed by atoms with Crippen LogP contribution in [0.4, 0.5) is 0 Å². The van der Waals surface area contributed by atoms with Crippen LogP contribution in [0.25, 0.3) is 10.9 Å². The molecule has 0 saturated carbocycles. The number of nitrogens with one attached hydrogen (secondary N) is 2. The molecule has 0 amide bonds. The largest absolute Gasteiger partial charge is 0.357 e. The van der Waals surface area contributed by atoms with Crippen LogP contribution < -0.4 is 5.56 Å². The molecule has 4 heteroatoms. The van der Waals surface area contributed by atoms with E-state index in [4.69, 9.17) is 0 Å². The van der Waals surface area contributed by atoms with Crippen LogP contribution >= 0.6 is 15.9 Å². The smallest absolute Gasteiger partial charge is 0.257 e. The average molecular weight is 283 g/mol. The van der Waals surface area contributed by atoms with Crippen molar-refractivity contribution in [2.24, 2.45) is 0 Å². The molecule has 2 heterocycles. The van der Waals surface area contributed by atoms with Gasteiger partial charge in [0.15, 0.2) is 0 Å². The van der Waals surface area contributed by atoms with Crippen molar-refractivity contribution < 1.29 is 0 Å². The SMILES string of the molecule is Cc1[nH]c(=O)c2c(C)c(C(C)C)[nH]c2c1Br. The maximum Gasteiger partial charge on any atom is 0.257 e. The molecule has 3 nitrogen and oxygen atoms in total. The summed E-state index contributed by atoms with van der Waals surface area (Å²) < 4.78 is 0.942. The van der Waals surface area contributed by atoms with Crippen LogP contribution in [0.5, 0.6) is 0 Å². The van der Waals surface area contributed by atoms with Gasteiger partial charge >= 0.3 is 0 Å². The first-order valence-electron chi connectivity index (χ1n) is 5.34. The van der Waals surface area contributed by atoms with Crippen molar-refractivity contribution in [2.75, 3.05) is 0 Å². The van der Waals surface area contributed by atoms with Gasteiger partial charge in [-0.1, -0.05) is 13.8 Å². The Bertz CT molecular complexity index is 607. The maximum atomic E-state index is 11.9. The number of pyridine rings is 1. The third-order valence-corrected chi connectivity index (χ3v) is 3.93. The monoisotopic (exact) mass is 282 g/mol. The molecular formula is C12H15BrN2O. The van der Waals surface area contributed by atoms with Crippen molar-refractivity contribution in [3.05, 3.63) is 31.8 Å². The number of aromatic amines is 2. The zero-order valence-corrected chi connectivity index (χ0v) is 11.4. The molecule has 16 heavy (non-hydrogen) atoms. The first kappa shape index (κ1) is 11.5. The third kappa shape index (κ3) is 1.52. The first-order valence-corrected chi connectivity index (χ1v) is 6.13. The lowest BCUT2D eigenvalue weighted by Gasteiger charge is -2.01. The van der Waals surface area contributed by atoms with Gasteiger partial charge in [-0.05, 0) is 41.3 Å². The van der Waals surface area contributed by atoms with E-state index in [1.165, 1.54) is 0 Å². The second kappa shape index (κ2) is 3.77. The van der Waals surface area contributed by atoms with E-state index in [1.807, 2.05) is 13.8 Å². The molecule has 0 saturated heterocycles. The van der Waals surface area contributed by atoms with Crippen LogP contribution in [-0.4, -0.2) is 9.97 Å². The summed E-state index contributed by atoms with van der Waals surface area (Å²) in [4.78, 5) is 18.1. The quantitative estimate of drug-likeness (QED) is 0.828. The van der Waals surface area contributed by atoms with Gasteiger partial charge < -0.3 is 9.97 Å². The van der Waals surface area contributed by atoms with Crippen LogP contribution in [0, 0.1) is 13.8 Å². The third-order valence-electron chi connectivity index (χ3n) is 2.94. The molecule has 0 radical (unpaired) electrons. The normalized spacial score (nSPS) is 11.6. The fraction of sp³-hybridized carbons (Fsp3) is 0.417. The summed E-state index contributed by atoms with van der Waals surface area (Å²) in [7, 11) is 0. The van der Waals surface area contributed by atoms with E-state index in [1.54, 1.807) is 0 Å². The molecule has 0 bridgehead atoms. The molecule has 0 atom stereocenters. The van der Waals surface area contributed by atoms with Gasteiger partial charge in [-0.2, -0.15) is 0 Å². The topological polar surface area (TPSA) is 48.6 Å². The standard InChI is InChI=1S/C12H15BrN2O/c1-5(2)10-6(3)8-11(15-10)9(13)7(4)14-12(8)16/h5,15H,1-4H3,(H,14,16). The lowest BCUT2D eigenvalue weighted by Crippen LogP contribution is -2.08. The summed E-state index contributed by atoms with van der Waals surface area (Å²) in [5.74, 6) is 0.388. The van der Waals surface area contributed by atoms with Gasteiger partial charge in [0.25, 0.3) is 5.56 Å². The second-order valence-electron chi connectivity index (χ2n) is 4.46. The van der Waals surface area contributed by atoms with Crippen molar-refractivity contribution in [2.45, 2.75) is 33.6 Å². The molecule has 0 aliphatic carbocycles. The van der Waals surface area contributed by atoms with E-state index >= 15 is 0 Å². The van der Waals surface area contributed by atoms with E-state index in [9.17, 15) is 4.79 Å². The first-order chi connectivity index (χ1) is 7.43. The van der Waals surface area contributed by atoms with Crippen LogP contribution in [-0.2, 0) is 0 Å². The average Bonchev–Trinajstić information content (AvgIpc) is 2.53. The van der Waals surface area contributed by atoms with Crippen LogP contribution in [0.15, 0.2) is 9.27 Å². The molecular weight excluding hydrogens is 268 g/mol. The Balaban J connectivity index is 2.97. The van der Waals surface area contributed by atoms with Crippen molar-refractivity contribution in [3.8, 4) is 0 Å². The number of rotatable bonds is 1. The number of H-pyrrole nitrogens is 2. The number of halogens is 1. The lowest BCUT2D eigenvalue weighted by molar-refractivity contribution is 0.827. The molecule has 0 fully saturated rings. The summed E-state index contributed by atoms with van der Waals surface area (Å²) in [6.07, 6.45) is 0. The van der Waals surface area contributed by atoms with Gasteiger partial charge in [0.05, 0.1) is 15.4 Å². The van der Waals surface area contributed by atoms with Gasteiger partial charge in [-0.25, -0.2) is 0 Å². The van der Waals surface area contributed by atoms with E-state index in [2.05, 4.69) is 39.7 Å². The van der Waals surface area contributed by atoms with Gasteiger partial charge in [-0.3, -0.25) is 4.79 Å². The van der Waals surface area contributed by atoms with E-state index in [-0.39, 0.29) is 5.56 Å². The van der Waals surface area contributed by atoms with E-state index < -0.39 is 0 Å². The molecule has 2 N–H and O–H groups in total. The molecule has 0 aliphatic rings. The Hall–Kier alpha value is -1.03. The maximum absolute atomic E-state index is 11.9. The van der Waals surface area contributed by atoms with Crippen molar-refractivity contribution in [1.82, 2.24) is 9.97 Å². The minimum absolute atomic E-state index is 0.0173. The fourth-order valence-corrected chi connectivity index (χ4v) is 2.51. The van der Waals surface area contributed by atoms with Crippen LogP contribution in [0.2, 0.25) is 0 Å². The number of hydrogen-bond acceptors (Lipinski definition) is 1. The minimum Gasteiger partial charge on any atom is -0.357 e. The molecule has 0 unspecified atom stereocenters. The number of fused-ring (bicyclic) bond motifs is 1. The highest BCUT2D eigenvalue weighted by Crippen LogP contribution is 2.29. The highest BCUT2D eigenvalue weighted by Gasteiger charge is 2.16. The Morgan fingerprint density at radius 2 is 1.81 bits per heavy atom. The van der Waals surface area contributed by atoms with Crippen molar-refractivity contribution in [3.63, 3.8) is 0 Å². The number of aromatic nitrogens is 2. The van der Waals surface area contributed by atoms with Crippen molar-refractivity contribution >= 4 is 26.8 Å². The summed E-state index contributed by atoms with van der Waals surface area (Å²) >= 11 is 3.51. The summed E-state index contributed by atoms with van der Waals surface area (Å²) in [5.41, 5.74) is 3.92. The number of hydrogen-bond donors (Lipinski definition) is 2. The minimum atomic E-state index is -0.0173. The molecule has 2 aromatic rings. The lowest BCUT2D eigenvalue weighted by atomic mass is 10.1. The van der Waals surface area contributed by atoms with Crippen LogP contribution in [0.1, 0.15) is 36.7 Å². The molecule has 0 aliphatic heterocycles. The Morgan fingerprint density at radius 1 is 1.19 bits per heavy atom. The highest BCUT2D eigenvalue weighted by molar-refractivity contribution is 9.10. The molecule has 0 spiro atoms. The Labute approximate surface area is 102 Å². The molecule has 2 rings (SSSR count). The highest BCUT2D eigenvalue weighted by atomic mass is 79.9. The fourth-order valence-electron chi connectivity index (χ4n) is 2.11. The summed E-state index contributed by atoms with van der Waals surface area (Å²) in [6.45, 7) is 8.11. The van der Waals surface area contributed by atoms with Gasteiger partial charge in [0.2, 0.25) is 0 Å².